The van der Waals surface area contributed by atoms with E-state index in [1.807, 2.05) is 38.0 Å². The molecular weight excluding hydrogens is 404 g/mol. The standard InChI is InChI=1S/C23H34N8O/c1-17-5-10-30(15-20(17)31-13-9-26-16-31)23(25-2)28-14-19-4-3-8-27-22(19)29-11-6-18(7-12-29)21(24)32/h3-4,8-9,13,16-18,20H,5-7,10-12,14-15H2,1-2H3,(H2,24,32)(H,25,28). The number of amides is 1. The van der Waals surface area contributed by atoms with E-state index in [1.54, 1.807) is 0 Å². The summed E-state index contributed by atoms with van der Waals surface area (Å²) < 4.78 is 2.21. The lowest BCUT2D eigenvalue weighted by Crippen LogP contribution is -2.48. The predicted molar refractivity (Wildman–Crippen MR) is 125 cm³/mol. The van der Waals surface area contributed by atoms with Gasteiger partial charge in [-0.05, 0) is 31.2 Å². The number of hydrogen-bond donors (Lipinski definition) is 2. The average Bonchev–Trinajstić information content (AvgIpc) is 3.35. The highest BCUT2D eigenvalue weighted by atomic mass is 16.1. The maximum Gasteiger partial charge on any atom is 0.220 e. The molecule has 1 amide bonds. The Morgan fingerprint density at radius 1 is 1.25 bits per heavy atom. The van der Waals surface area contributed by atoms with E-state index in [4.69, 9.17) is 5.73 Å². The summed E-state index contributed by atoms with van der Waals surface area (Å²) in [5, 5.41) is 3.55. The van der Waals surface area contributed by atoms with Gasteiger partial charge in [0.25, 0.3) is 0 Å². The SMILES string of the molecule is CN=C(NCc1cccnc1N1CCC(C(N)=O)CC1)N1CCC(C)C(n2ccnc2)C1. The molecule has 3 N–H and O–H groups in total. The van der Waals surface area contributed by atoms with Crippen LogP contribution in [0.25, 0.3) is 0 Å². The van der Waals surface area contributed by atoms with Gasteiger partial charge in [-0.15, -0.1) is 0 Å². The molecule has 2 unspecified atom stereocenters. The van der Waals surface area contributed by atoms with Crippen LogP contribution >= 0.6 is 0 Å². The topological polar surface area (TPSA) is 105 Å². The molecular formula is C23H34N8O. The van der Waals surface area contributed by atoms with Gasteiger partial charge in [0.15, 0.2) is 5.96 Å². The molecule has 32 heavy (non-hydrogen) atoms. The van der Waals surface area contributed by atoms with E-state index >= 15 is 0 Å². The Balaban J connectivity index is 1.40. The zero-order chi connectivity index (χ0) is 22.5. The van der Waals surface area contributed by atoms with Crippen molar-refractivity contribution >= 4 is 17.7 Å². The molecule has 0 radical (unpaired) electrons. The summed E-state index contributed by atoms with van der Waals surface area (Å²) in [6.45, 7) is 6.42. The van der Waals surface area contributed by atoms with Crippen LogP contribution in [0.5, 0.6) is 0 Å². The van der Waals surface area contributed by atoms with Crippen molar-refractivity contribution in [3.05, 3.63) is 42.6 Å². The van der Waals surface area contributed by atoms with Crippen molar-refractivity contribution in [1.82, 2.24) is 24.8 Å². The second kappa shape index (κ2) is 10.0. The number of carbonyl (C=O) groups excluding carboxylic acids is 1. The summed E-state index contributed by atoms with van der Waals surface area (Å²) >= 11 is 0. The van der Waals surface area contributed by atoms with Gasteiger partial charge in [-0.2, -0.15) is 0 Å². The Labute approximate surface area is 189 Å². The van der Waals surface area contributed by atoms with Crippen LogP contribution in [0.1, 0.15) is 37.8 Å². The maximum absolute atomic E-state index is 11.5. The van der Waals surface area contributed by atoms with Crippen molar-refractivity contribution in [2.45, 2.75) is 38.8 Å². The Bertz CT molecular complexity index is 920. The number of pyridine rings is 1. The molecule has 172 valence electrons. The first-order valence-corrected chi connectivity index (χ1v) is 11.5. The summed E-state index contributed by atoms with van der Waals surface area (Å²) in [5.41, 5.74) is 6.62. The number of aromatic nitrogens is 3. The number of nitrogens with one attached hydrogen (secondary N) is 1. The summed E-state index contributed by atoms with van der Waals surface area (Å²) in [7, 11) is 1.84. The lowest BCUT2D eigenvalue weighted by Gasteiger charge is -2.39. The number of anilines is 1. The molecule has 4 rings (SSSR count). The van der Waals surface area contributed by atoms with E-state index in [9.17, 15) is 4.79 Å². The van der Waals surface area contributed by atoms with Crippen LogP contribution in [0.4, 0.5) is 5.82 Å². The molecule has 2 aromatic rings. The van der Waals surface area contributed by atoms with Crippen LogP contribution in [-0.2, 0) is 11.3 Å². The van der Waals surface area contributed by atoms with Crippen LogP contribution in [0.15, 0.2) is 42.0 Å². The molecule has 2 aliphatic heterocycles. The fourth-order valence-corrected chi connectivity index (χ4v) is 4.83. The number of likely N-dealkylation sites (tertiary alicyclic amines) is 1. The number of hydrogen-bond acceptors (Lipinski definition) is 5. The smallest absolute Gasteiger partial charge is 0.220 e. The molecule has 0 saturated carbocycles. The van der Waals surface area contributed by atoms with Gasteiger partial charge in [0.1, 0.15) is 5.82 Å². The predicted octanol–water partition coefficient (Wildman–Crippen LogP) is 1.64. The molecule has 9 heteroatoms. The lowest BCUT2D eigenvalue weighted by molar-refractivity contribution is -0.122. The molecule has 2 saturated heterocycles. The number of aliphatic imine (C=N–C) groups is 1. The van der Waals surface area contributed by atoms with Gasteiger partial charge in [0.05, 0.1) is 12.4 Å². The first kappa shape index (κ1) is 22.1. The minimum atomic E-state index is -0.193. The van der Waals surface area contributed by atoms with E-state index < -0.39 is 0 Å². The summed E-state index contributed by atoms with van der Waals surface area (Å²) in [6, 6.07) is 4.46. The van der Waals surface area contributed by atoms with E-state index in [0.717, 1.165) is 62.8 Å². The lowest BCUT2D eigenvalue weighted by atomic mass is 9.93. The van der Waals surface area contributed by atoms with Crippen molar-refractivity contribution in [2.24, 2.45) is 22.6 Å². The highest BCUT2D eigenvalue weighted by Crippen LogP contribution is 2.28. The van der Waals surface area contributed by atoms with E-state index in [0.29, 0.717) is 18.5 Å². The first-order valence-electron chi connectivity index (χ1n) is 11.5. The highest BCUT2D eigenvalue weighted by Gasteiger charge is 2.29. The fourth-order valence-electron chi connectivity index (χ4n) is 4.83. The molecule has 2 aliphatic rings. The number of rotatable bonds is 5. The first-order chi connectivity index (χ1) is 15.6. The second-order valence-electron chi connectivity index (χ2n) is 8.84. The monoisotopic (exact) mass is 438 g/mol. The maximum atomic E-state index is 11.5. The van der Waals surface area contributed by atoms with Gasteiger partial charge in [0.2, 0.25) is 5.91 Å². The Morgan fingerprint density at radius 3 is 2.75 bits per heavy atom. The third-order valence-corrected chi connectivity index (χ3v) is 6.84. The Morgan fingerprint density at radius 2 is 2.06 bits per heavy atom. The summed E-state index contributed by atoms with van der Waals surface area (Å²) in [4.78, 5) is 29.5. The van der Waals surface area contributed by atoms with Gasteiger partial charge in [0, 0.05) is 69.8 Å². The minimum absolute atomic E-state index is 0.0275. The highest BCUT2D eigenvalue weighted by molar-refractivity contribution is 5.80. The number of primary amides is 1. The fraction of sp³-hybridized carbons (Fsp3) is 0.565. The van der Waals surface area contributed by atoms with Crippen LogP contribution in [0, 0.1) is 11.8 Å². The van der Waals surface area contributed by atoms with Crippen molar-refractivity contribution in [1.29, 1.82) is 0 Å². The van der Waals surface area contributed by atoms with Crippen molar-refractivity contribution < 1.29 is 4.79 Å². The Kier molecular flexibility index (Phi) is 6.92. The molecule has 2 aromatic heterocycles. The number of nitrogens with two attached hydrogens (primary N) is 1. The third-order valence-electron chi connectivity index (χ3n) is 6.84. The number of guanidine groups is 1. The molecule has 0 bridgehead atoms. The molecule has 2 atom stereocenters. The zero-order valence-corrected chi connectivity index (χ0v) is 19.0. The van der Waals surface area contributed by atoms with Crippen LogP contribution in [-0.4, -0.2) is 64.5 Å². The normalized spacial score (nSPS) is 22.8. The Hall–Kier alpha value is -3.10. The van der Waals surface area contributed by atoms with Gasteiger partial charge in [-0.25, -0.2) is 9.97 Å². The van der Waals surface area contributed by atoms with E-state index in [2.05, 4.69) is 47.6 Å². The summed E-state index contributed by atoms with van der Waals surface area (Å²) in [6.07, 6.45) is 10.3. The van der Waals surface area contributed by atoms with Gasteiger partial charge >= 0.3 is 0 Å². The summed E-state index contributed by atoms with van der Waals surface area (Å²) in [5.74, 6) is 2.25. The molecule has 0 aliphatic carbocycles. The minimum Gasteiger partial charge on any atom is -0.369 e. The molecule has 2 fully saturated rings. The average molecular weight is 439 g/mol. The van der Waals surface area contributed by atoms with Gasteiger partial charge in [-0.1, -0.05) is 13.0 Å². The molecule has 0 aromatic carbocycles. The number of imidazole rings is 1. The van der Waals surface area contributed by atoms with Crippen molar-refractivity contribution in [3.8, 4) is 0 Å². The van der Waals surface area contributed by atoms with Crippen molar-refractivity contribution in [2.75, 3.05) is 38.1 Å². The number of piperidine rings is 2. The number of carbonyl (C=O) groups is 1. The van der Waals surface area contributed by atoms with Crippen molar-refractivity contribution in [3.63, 3.8) is 0 Å². The third kappa shape index (κ3) is 4.87. The van der Waals surface area contributed by atoms with E-state index in [-0.39, 0.29) is 11.8 Å². The van der Waals surface area contributed by atoms with Crippen LogP contribution in [0.2, 0.25) is 0 Å². The largest absolute Gasteiger partial charge is 0.369 e. The molecule has 4 heterocycles. The number of nitrogens with zero attached hydrogens (tertiary/aromatic N) is 6. The zero-order valence-electron chi connectivity index (χ0n) is 19.0. The van der Waals surface area contributed by atoms with Gasteiger partial charge < -0.3 is 25.4 Å². The van der Waals surface area contributed by atoms with E-state index in [1.165, 1.54) is 0 Å². The van der Waals surface area contributed by atoms with Crippen LogP contribution in [0.3, 0.4) is 0 Å². The molecule has 0 spiro atoms. The molecule has 9 nitrogen and oxygen atoms in total. The quantitative estimate of drug-likeness (QED) is 0.543. The van der Waals surface area contributed by atoms with Crippen LogP contribution < -0.4 is 16.0 Å². The second-order valence-corrected chi connectivity index (χ2v) is 8.84. The van der Waals surface area contributed by atoms with Gasteiger partial charge in [-0.3, -0.25) is 9.79 Å².